The molecule has 4 rings (SSSR count). The molecule has 1 heterocycles. The number of hydrogen-bond donors (Lipinski definition) is 1. The Bertz CT molecular complexity index is 1220. The fourth-order valence-electron chi connectivity index (χ4n) is 3.35. The third-order valence-corrected chi connectivity index (χ3v) is 6.65. The van der Waals surface area contributed by atoms with Crippen LogP contribution in [-0.2, 0) is 14.8 Å². The molecule has 0 bridgehead atoms. The summed E-state index contributed by atoms with van der Waals surface area (Å²) in [5.74, 6) is -0.646. The van der Waals surface area contributed by atoms with Gasteiger partial charge in [0.15, 0.2) is 0 Å². The molecule has 0 saturated heterocycles. The summed E-state index contributed by atoms with van der Waals surface area (Å²) in [5.41, 5.74) is -0.248. The van der Waals surface area contributed by atoms with Gasteiger partial charge in [-0.25, -0.2) is 32.1 Å². The highest BCUT2D eigenvalue weighted by Gasteiger charge is 2.34. The van der Waals surface area contributed by atoms with Crippen molar-refractivity contribution in [3.63, 3.8) is 0 Å². The minimum absolute atomic E-state index is 0.0297. The van der Waals surface area contributed by atoms with Gasteiger partial charge >= 0.3 is 23.7 Å². The van der Waals surface area contributed by atoms with Crippen LogP contribution in [0.3, 0.4) is 0 Å². The van der Waals surface area contributed by atoms with Gasteiger partial charge in [-0.3, -0.25) is 0 Å². The molecule has 32 heavy (non-hydrogen) atoms. The number of hydrogen-bond acceptors (Lipinski definition) is 8. The van der Waals surface area contributed by atoms with Gasteiger partial charge in [-0.1, -0.05) is 13.0 Å². The third kappa shape index (κ3) is 4.27. The smallest absolute Gasteiger partial charge is 0.360 e. The van der Waals surface area contributed by atoms with E-state index in [9.17, 15) is 22.8 Å². The zero-order valence-corrected chi connectivity index (χ0v) is 18.6. The van der Waals surface area contributed by atoms with Crippen molar-refractivity contribution in [2.75, 3.05) is 13.7 Å². The van der Waals surface area contributed by atoms with Crippen molar-refractivity contribution in [3.8, 4) is 6.01 Å². The zero-order chi connectivity index (χ0) is 23.0. The van der Waals surface area contributed by atoms with E-state index in [1.165, 1.54) is 16.7 Å². The molecule has 2 saturated carbocycles. The fraction of sp³-hybridized carbons (Fsp3) is 0.500. The monoisotopic (exact) mass is 464 g/mol. The highest BCUT2D eigenvalue weighted by atomic mass is 32.2. The van der Waals surface area contributed by atoms with Gasteiger partial charge < -0.3 is 9.47 Å². The predicted octanol–water partition coefficient (Wildman–Crippen LogP) is 1.78. The van der Waals surface area contributed by atoms with Gasteiger partial charge in [0.25, 0.3) is 10.0 Å². The van der Waals surface area contributed by atoms with Crippen molar-refractivity contribution in [2.45, 2.75) is 55.9 Å². The Morgan fingerprint density at radius 1 is 1.22 bits per heavy atom. The highest BCUT2D eigenvalue weighted by molar-refractivity contribution is 7.90. The molecule has 11 nitrogen and oxygen atoms in total. The van der Waals surface area contributed by atoms with E-state index in [0.29, 0.717) is 17.7 Å². The first kappa shape index (κ1) is 22.1. The maximum atomic E-state index is 13.1. The van der Waals surface area contributed by atoms with Crippen LogP contribution < -0.4 is 15.1 Å². The Morgan fingerprint density at radius 2 is 1.94 bits per heavy atom. The van der Waals surface area contributed by atoms with E-state index >= 15 is 0 Å². The maximum Gasteiger partial charge on any atom is 0.360 e. The Morgan fingerprint density at radius 3 is 2.53 bits per heavy atom. The number of benzene rings is 1. The number of nitrogens with zero attached hydrogens (tertiary/aromatic N) is 3. The number of amides is 1. The summed E-state index contributed by atoms with van der Waals surface area (Å²) in [6.45, 7) is 2.17. The summed E-state index contributed by atoms with van der Waals surface area (Å²) in [6.07, 6.45) is 3.98. The summed E-state index contributed by atoms with van der Waals surface area (Å²) in [5, 5.41) is 3.89. The molecule has 1 aromatic carbocycles. The minimum Gasteiger partial charge on any atom is -0.465 e. The minimum atomic E-state index is -4.51. The average Bonchev–Trinajstić information content (AvgIpc) is 3.69. The largest absolute Gasteiger partial charge is 0.465 e. The number of carbonyl (C=O) groups excluding carboxylic acids is 2. The second kappa shape index (κ2) is 8.41. The van der Waals surface area contributed by atoms with E-state index in [2.05, 4.69) is 9.84 Å². The van der Waals surface area contributed by atoms with Crippen molar-refractivity contribution in [3.05, 3.63) is 39.8 Å². The summed E-state index contributed by atoms with van der Waals surface area (Å²) >= 11 is 0. The Hall–Kier alpha value is -3.15. The predicted molar refractivity (Wildman–Crippen MR) is 111 cm³/mol. The van der Waals surface area contributed by atoms with Gasteiger partial charge in [-0.2, -0.15) is 0 Å². The van der Waals surface area contributed by atoms with E-state index in [1.54, 1.807) is 6.07 Å². The fourth-order valence-corrected chi connectivity index (χ4v) is 4.51. The van der Waals surface area contributed by atoms with Crippen molar-refractivity contribution in [1.82, 2.24) is 19.1 Å². The summed E-state index contributed by atoms with van der Waals surface area (Å²) in [6, 6.07) is 2.98. The Balaban J connectivity index is 1.67. The molecule has 0 spiro atoms. The van der Waals surface area contributed by atoms with Crippen LogP contribution in [0.25, 0.3) is 0 Å². The van der Waals surface area contributed by atoms with Gasteiger partial charge in [0, 0.05) is 6.04 Å². The molecule has 1 N–H and O–H groups in total. The number of methoxy groups -OCH3 is 1. The van der Waals surface area contributed by atoms with Gasteiger partial charge in [-0.15, -0.1) is 9.78 Å². The molecule has 2 fully saturated rings. The molecule has 172 valence electrons. The number of ether oxygens (including phenoxy) is 2. The molecule has 1 amide bonds. The average molecular weight is 465 g/mol. The molecule has 12 heteroatoms. The normalized spacial score (nSPS) is 15.9. The van der Waals surface area contributed by atoms with Crippen LogP contribution >= 0.6 is 0 Å². The highest BCUT2D eigenvalue weighted by Crippen LogP contribution is 2.41. The molecule has 2 aliphatic rings. The number of aromatic nitrogens is 3. The van der Waals surface area contributed by atoms with Crippen molar-refractivity contribution in [2.24, 2.45) is 0 Å². The van der Waals surface area contributed by atoms with Crippen molar-refractivity contribution >= 4 is 22.0 Å². The molecule has 2 aromatic rings. The molecule has 2 aliphatic carbocycles. The van der Waals surface area contributed by atoms with Gasteiger partial charge in [0.05, 0.1) is 19.3 Å². The van der Waals surface area contributed by atoms with Gasteiger partial charge in [-0.05, 0) is 55.7 Å². The lowest BCUT2D eigenvalue weighted by Gasteiger charge is -2.11. The van der Waals surface area contributed by atoms with E-state index in [1.807, 2.05) is 11.6 Å². The topological polar surface area (TPSA) is 139 Å². The molecule has 0 radical (unpaired) electrons. The number of esters is 1. The number of sulfonamides is 1. The van der Waals surface area contributed by atoms with Crippen molar-refractivity contribution in [1.29, 1.82) is 0 Å². The maximum absolute atomic E-state index is 13.1. The first-order valence-electron chi connectivity index (χ1n) is 10.4. The lowest BCUT2D eigenvalue weighted by atomic mass is 10.1. The van der Waals surface area contributed by atoms with Crippen LogP contribution in [0.2, 0.25) is 0 Å². The SMILES string of the molecule is CCCOc1nn(C(=O)NS(=O)(=O)c2cc(C3CC3)ccc2C(=O)OC)c(=O)n1C1CC1. The van der Waals surface area contributed by atoms with Crippen LogP contribution in [0.4, 0.5) is 4.79 Å². The van der Waals surface area contributed by atoms with Gasteiger partial charge in [0.2, 0.25) is 0 Å². The summed E-state index contributed by atoms with van der Waals surface area (Å²) in [4.78, 5) is 37.2. The van der Waals surface area contributed by atoms with Crippen LogP contribution in [0.5, 0.6) is 6.01 Å². The number of rotatable bonds is 8. The van der Waals surface area contributed by atoms with Crippen LogP contribution in [-0.4, -0.2) is 48.5 Å². The zero-order valence-electron chi connectivity index (χ0n) is 17.7. The van der Waals surface area contributed by atoms with Crippen LogP contribution in [0.15, 0.2) is 27.9 Å². The molecular weight excluding hydrogens is 440 g/mol. The molecule has 0 atom stereocenters. The molecular formula is C20H24N4O7S. The molecule has 0 unspecified atom stereocenters. The van der Waals surface area contributed by atoms with Gasteiger partial charge in [0.1, 0.15) is 4.90 Å². The van der Waals surface area contributed by atoms with E-state index in [0.717, 1.165) is 38.4 Å². The van der Waals surface area contributed by atoms with E-state index in [-0.39, 0.29) is 28.4 Å². The second-order valence-electron chi connectivity index (χ2n) is 7.86. The lowest BCUT2D eigenvalue weighted by molar-refractivity contribution is 0.0596. The van der Waals surface area contributed by atoms with Crippen LogP contribution in [0.1, 0.15) is 66.9 Å². The van der Waals surface area contributed by atoms with E-state index < -0.39 is 27.7 Å². The summed E-state index contributed by atoms with van der Waals surface area (Å²) < 4.78 is 39.8. The second-order valence-corrected chi connectivity index (χ2v) is 9.51. The quantitative estimate of drug-likeness (QED) is 0.583. The number of nitrogens with one attached hydrogen (secondary N) is 1. The standard InChI is InChI=1S/C20H24N4O7S/c1-3-10-31-19-21-24(20(27)23(19)14-7-8-14)18(26)22-32(28,29)16-11-13(12-4-5-12)6-9-15(16)17(25)30-2/h6,9,11-12,14H,3-5,7-8,10H2,1-2H3,(H,22,26). The first-order chi connectivity index (χ1) is 15.3. The summed E-state index contributed by atoms with van der Waals surface area (Å²) in [7, 11) is -3.38. The molecule has 0 aliphatic heterocycles. The third-order valence-electron chi connectivity index (χ3n) is 5.29. The van der Waals surface area contributed by atoms with E-state index in [4.69, 9.17) is 4.74 Å². The lowest BCUT2D eigenvalue weighted by Crippen LogP contribution is -2.41. The van der Waals surface area contributed by atoms with Crippen LogP contribution in [0, 0.1) is 0 Å². The molecule has 1 aromatic heterocycles. The first-order valence-corrected chi connectivity index (χ1v) is 11.9. The number of carbonyl (C=O) groups is 2. The van der Waals surface area contributed by atoms with Crippen molar-refractivity contribution < 1.29 is 27.5 Å². The Labute approximate surface area is 184 Å². The Kier molecular flexibility index (Phi) is 5.80.